The van der Waals surface area contributed by atoms with Gasteiger partial charge in [-0.1, -0.05) is 6.07 Å². The number of alkyl halides is 3. The molecule has 88 valence electrons. The standard InChI is InChI=1S/C10H10F3NO2/c1-16-9(15)5-6-2-3-7(8(14)4-6)10(11,12)13/h2-4H,5,14H2,1H3. The van der Waals surface area contributed by atoms with Gasteiger partial charge in [0.1, 0.15) is 0 Å². The lowest BCUT2D eigenvalue weighted by Crippen LogP contribution is -2.10. The van der Waals surface area contributed by atoms with Crippen molar-refractivity contribution in [2.45, 2.75) is 12.6 Å². The number of nitrogen functional groups attached to an aromatic ring is 1. The molecule has 0 unspecified atom stereocenters. The Morgan fingerprint density at radius 3 is 2.50 bits per heavy atom. The number of rotatable bonds is 2. The lowest BCUT2D eigenvalue weighted by Gasteiger charge is -2.10. The van der Waals surface area contributed by atoms with Crippen molar-refractivity contribution in [1.29, 1.82) is 0 Å². The summed E-state index contributed by atoms with van der Waals surface area (Å²) in [4.78, 5) is 10.9. The van der Waals surface area contributed by atoms with E-state index in [0.29, 0.717) is 5.56 Å². The molecule has 1 aromatic rings. The zero-order valence-electron chi connectivity index (χ0n) is 8.47. The number of ether oxygens (including phenoxy) is 1. The molecule has 0 heterocycles. The van der Waals surface area contributed by atoms with Gasteiger partial charge in [0.25, 0.3) is 0 Å². The van der Waals surface area contributed by atoms with Gasteiger partial charge >= 0.3 is 12.1 Å². The molecule has 0 aliphatic heterocycles. The highest BCUT2D eigenvalue weighted by atomic mass is 19.4. The van der Waals surface area contributed by atoms with Gasteiger partial charge in [0, 0.05) is 5.69 Å². The molecule has 0 bridgehead atoms. The van der Waals surface area contributed by atoms with Crippen LogP contribution >= 0.6 is 0 Å². The summed E-state index contributed by atoms with van der Waals surface area (Å²) in [7, 11) is 1.20. The first kappa shape index (κ1) is 12.4. The van der Waals surface area contributed by atoms with Crippen LogP contribution in [-0.2, 0) is 22.1 Å². The van der Waals surface area contributed by atoms with Crippen molar-refractivity contribution in [2.24, 2.45) is 0 Å². The molecule has 2 N–H and O–H groups in total. The number of nitrogens with two attached hydrogens (primary N) is 1. The van der Waals surface area contributed by atoms with Gasteiger partial charge in [-0.2, -0.15) is 13.2 Å². The molecule has 0 radical (unpaired) electrons. The topological polar surface area (TPSA) is 52.3 Å². The zero-order chi connectivity index (χ0) is 12.3. The van der Waals surface area contributed by atoms with Gasteiger partial charge in [-0.25, -0.2) is 0 Å². The van der Waals surface area contributed by atoms with E-state index in [0.717, 1.165) is 12.1 Å². The Morgan fingerprint density at radius 1 is 1.44 bits per heavy atom. The summed E-state index contributed by atoms with van der Waals surface area (Å²) >= 11 is 0. The normalized spacial score (nSPS) is 11.2. The number of carbonyl (C=O) groups is 1. The van der Waals surface area contributed by atoms with E-state index in [4.69, 9.17) is 5.73 Å². The Balaban J connectivity index is 2.96. The molecule has 0 amide bonds. The van der Waals surface area contributed by atoms with Crippen molar-refractivity contribution in [3.63, 3.8) is 0 Å². The van der Waals surface area contributed by atoms with Crippen LogP contribution < -0.4 is 5.73 Å². The molecule has 0 atom stereocenters. The third-order valence-electron chi connectivity index (χ3n) is 2.00. The van der Waals surface area contributed by atoms with Crippen molar-refractivity contribution in [2.75, 3.05) is 12.8 Å². The molecule has 0 saturated carbocycles. The van der Waals surface area contributed by atoms with E-state index in [2.05, 4.69) is 4.74 Å². The second kappa shape index (κ2) is 4.42. The van der Waals surface area contributed by atoms with Crippen molar-refractivity contribution in [1.82, 2.24) is 0 Å². The third-order valence-corrected chi connectivity index (χ3v) is 2.00. The predicted octanol–water partition coefficient (Wildman–Crippen LogP) is 2.00. The molecular weight excluding hydrogens is 223 g/mol. The summed E-state index contributed by atoms with van der Waals surface area (Å²) in [6.45, 7) is 0. The highest BCUT2D eigenvalue weighted by Gasteiger charge is 2.32. The Kier molecular flexibility index (Phi) is 3.41. The highest BCUT2D eigenvalue weighted by molar-refractivity contribution is 5.73. The predicted molar refractivity (Wildman–Crippen MR) is 51.6 cm³/mol. The highest BCUT2D eigenvalue weighted by Crippen LogP contribution is 2.33. The van der Waals surface area contributed by atoms with Gasteiger partial charge in [0.2, 0.25) is 0 Å². The van der Waals surface area contributed by atoms with E-state index < -0.39 is 23.4 Å². The Morgan fingerprint density at radius 2 is 2.06 bits per heavy atom. The van der Waals surface area contributed by atoms with Gasteiger partial charge in [0.15, 0.2) is 0 Å². The number of methoxy groups -OCH3 is 1. The van der Waals surface area contributed by atoms with E-state index >= 15 is 0 Å². The molecule has 0 spiro atoms. The van der Waals surface area contributed by atoms with Crippen LogP contribution in [0.15, 0.2) is 18.2 Å². The van der Waals surface area contributed by atoms with Crippen LogP contribution in [0.2, 0.25) is 0 Å². The molecular formula is C10H10F3NO2. The number of halogens is 3. The van der Waals surface area contributed by atoms with Crippen LogP contribution in [0.25, 0.3) is 0 Å². The molecule has 0 aromatic heterocycles. The number of hydrogen-bond donors (Lipinski definition) is 1. The maximum atomic E-state index is 12.3. The van der Waals surface area contributed by atoms with Crippen molar-refractivity contribution in [3.8, 4) is 0 Å². The minimum absolute atomic E-state index is 0.0984. The molecule has 0 aliphatic rings. The first-order valence-corrected chi connectivity index (χ1v) is 4.37. The molecule has 0 aliphatic carbocycles. The van der Waals surface area contributed by atoms with Crippen LogP contribution in [0, 0.1) is 0 Å². The monoisotopic (exact) mass is 233 g/mol. The molecule has 16 heavy (non-hydrogen) atoms. The molecule has 1 rings (SSSR count). The summed E-state index contributed by atoms with van der Waals surface area (Å²) in [5.74, 6) is -0.529. The first-order chi connectivity index (χ1) is 7.34. The van der Waals surface area contributed by atoms with Gasteiger partial charge in [0.05, 0.1) is 19.1 Å². The fourth-order valence-corrected chi connectivity index (χ4v) is 1.22. The summed E-state index contributed by atoms with van der Waals surface area (Å²) in [5.41, 5.74) is 4.34. The Hall–Kier alpha value is -1.72. The Labute approximate surface area is 90.0 Å². The fourth-order valence-electron chi connectivity index (χ4n) is 1.22. The smallest absolute Gasteiger partial charge is 0.418 e. The molecule has 0 fully saturated rings. The lowest BCUT2D eigenvalue weighted by atomic mass is 10.1. The van der Waals surface area contributed by atoms with Gasteiger partial charge < -0.3 is 10.5 Å². The molecule has 3 nitrogen and oxygen atoms in total. The summed E-state index contributed by atoms with van der Waals surface area (Å²) < 4.78 is 41.4. The third kappa shape index (κ3) is 2.88. The van der Waals surface area contributed by atoms with Crippen LogP contribution in [-0.4, -0.2) is 13.1 Å². The minimum atomic E-state index is -4.48. The zero-order valence-corrected chi connectivity index (χ0v) is 8.47. The number of carbonyl (C=O) groups excluding carboxylic acids is 1. The molecule has 6 heteroatoms. The average Bonchev–Trinajstić information content (AvgIpc) is 2.15. The molecule has 1 aromatic carbocycles. The SMILES string of the molecule is COC(=O)Cc1ccc(C(F)(F)F)c(N)c1. The summed E-state index contributed by atoms with van der Waals surface area (Å²) in [6.07, 6.45) is -4.58. The number of esters is 1. The first-order valence-electron chi connectivity index (χ1n) is 4.37. The summed E-state index contributed by atoms with van der Waals surface area (Å²) in [5, 5.41) is 0. The molecule has 0 saturated heterocycles. The van der Waals surface area contributed by atoms with Crippen LogP contribution in [0.3, 0.4) is 0 Å². The second-order valence-corrected chi connectivity index (χ2v) is 3.17. The maximum Gasteiger partial charge on any atom is 0.418 e. The Bertz CT molecular complexity index is 402. The van der Waals surface area contributed by atoms with E-state index in [-0.39, 0.29) is 6.42 Å². The van der Waals surface area contributed by atoms with E-state index in [9.17, 15) is 18.0 Å². The summed E-state index contributed by atoms with van der Waals surface area (Å²) in [6, 6.07) is 3.18. The number of hydrogen-bond acceptors (Lipinski definition) is 3. The average molecular weight is 233 g/mol. The quantitative estimate of drug-likeness (QED) is 0.627. The largest absolute Gasteiger partial charge is 0.469 e. The van der Waals surface area contributed by atoms with Crippen molar-refractivity contribution >= 4 is 11.7 Å². The van der Waals surface area contributed by atoms with Crippen LogP contribution in [0.4, 0.5) is 18.9 Å². The van der Waals surface area contributed by atoms with E-state index in [1.54, 1.807) is 0 Å². The van der Waals surface area contributed by atoms with Gasteiger partial charge in [-0.05, 0) is 17.7 Å². The van der Waals surface area contributed by atoms with Crippen LogP contribution in [0.5, 0.6) is 0 Å². The second-order valence-electron chi connectivity index (χ2n) is 3.17. The van der Waals surface area contributed by atoms with Gasteiger partial charge in [-0.3, -0.25) is 4.79 Å². The van der Waals surface area contributed by atoms with Crippen LogP contribution in [0.1, 0.15) is 11.1 Å². The lowest BCUT2D eigenvalue weighted by molar-refractivity contribution is -0.139. The van der Waals surface area contributed by atoms with E-state index in [1.165, 1.54) is 13.2 Å². The van der Waals surface area contributed by atoms with Crippen molar-refractivity contribution in [3.05, 3.63) is 29.3 Å². The fraction of sp³-hybridized carbons (Fsp3) is 0.300. The number of benzene rings is 1. The minimum Gasteiger partial charge on any atom is -0.469 e. The number of anilines is 1. The van der Waals surface area contributed by atoms with E-state index in [1.807, 2.05) is 0 Å². The van der Waals surface area contributed by atoms with Gasteiger partial charge in [-0.15, -0.1) is 0 Å². The maximum absolute atomic E-state index is 12.3. The van der Waals surface area contributed by atoms with Crippen molar-refractivity contribution < 1.29 is 22.7 Å².